The van der Waals surface area contributed by atoms with Gasteiger partial charge in [0.15, 0.2) is 5.43 Å². The summed E-state index contributed by atoms with van der Waals surface area (Å²) >= 11 is 0. The zero-order chi connectivity index (χ0) is 22.9. The first-order valence-corrected chi connectivity index (χ1v) is 9.91. The fourth-order valence-corrected chi connectivity index (χ4v) is 3.48. The maximum atomic E-state index is 12.8. The van der Waals surface area contributed by atoms with Gasteiger partial charge >= 0.3 is 0 Å². The quantitative estimate of drug-likeness (QED) is 0.397. The van der Waals surface area contributed by atoms with E-state index in [1.54, 1.807) is 0 Å². The summed E-state index contributed by atoms with van der Waals surface area (Å²) in [7, 11) is 0. The van der Waals surface area contributed by atoms with Crippen LogP contribution in [0.15, 0.2) is 63.3 Å². The molecule has 0 radical (unpaired) electrons. The molecule has 31 heavy (non-hydrogen) atoms. The van der Waals surface area contributed by atoms with E-state index in [-0.39, 0.29) is 56.8 Å². The molecule has 0 saturated heterocycles. The Hall–Kier alpha value is -3.67. The summed E-state index contributed by atoms with van der Waals surface area (Å²) in [6.07, 6.45) is 3.08. The number of hydrogen-bond acceptors (Lipinski definition) is 6. The number of aromatic hydroxyl groups is 4. The third-order valence-corrected chi connectivity index (χ3v) is 5.28. The molecular weight excluding hydrogens is 396 g/mol. The smallest absolute Gasteiger partial charge is 0.197 e. The van der Waals surface area contributed by atoms with Crippen molar-refractivity contribution >= 4 is 11.0 Å². The van der Waals surface area contributed by atoms with Crippen molar-refractivity contribution in [2.24, 2.45) is 5.92 Å². The molecule has 162 valence electrons. The van der Waals surface area contributed by atoms with Gasteiger partial charge in [-0.1, -0.05) is 23.8 Å². The molecule has 0 aliphatic rings. The van der Waals surface area contributed by atoms with Crippen molar-refractivity contribution in [3.05, 3.63) is 69.9 Å². The summed E-state index contributed by atoms with van der Waals surface area (Å²) in [4.78, 5) is 12.8. The van der Waals surface area contributed by atoms with Crippen molar-refractivity contribution in [1.29, 1.82) is 0 Å². The number of allylic oxidation sites excluding steroid dienone is 3. The molecule has 0 unspecified atom stereocenters. The molecule has 0 aliphatic carbocycles. The van der Waals surface area contributed by atoms with Gasteiger partial charge in [0.2, 0.25) is 0 Å². The SMILES string of the molecule is C=C(C)[C@@H](CC=C(C)C)Cc1c(O)cc2oc(-c3ccc(O)cc3O)cc(=O)c2c1O. The molecule has 3 rings (SSSR count). The van der Waals surface area contributed by atoms with Crippen LogP contribution in [0.5, 0.6) is 23.0 Å². The first-order chi connectivity index (χ1) is 14.6. The van der Waals surface area contributed by atoms with Gasteiger partial charge < -0.3 is 24.8 Å². The van der Waals surface area contributed by atoms with E-state index in [0.29, 0.717) is 12.8 Å². The Bertz CT molecular complexity index is 1250. The Morgan fingerprint density at radius 1 is 1.06 bits per heavy atom. The lowest BCUT2D eigenvalue weighted by molar-refractivity contribution is 0.432. The van der Waals surface area contributed by atoms with Crippen LogP contribution in [0.3, 0.4) is 0 Å². The molecule has 0 spiro atoms. The molecule has 2 aromatic carbocycles. The second kappa shape index (κ2) is 8.60. The van der Waals surface area contributed by atoms with Crippen LogP contribution in [-0.4, -0.2) is 20.4 Å². The Labute approximate surface area is 180 Å². The lowest BCUT2D eigenvalue weighted by Crippen LogP contribution is -2.08. The zero-order valence-corrected chi connectivity index (χ0v) is 17.8. The molecule has 0 fully saturated rings. The highest BCUT2D eigenvalue weighted by atomic mass is 16.3. The van der Waals surface area contributed by atoms with Crippen LogP contribution in [0.1, 0.15) is 32.8 Å². The molecule has 0 aliphatic heterocycles. The minimum atomic E-state index is -0.515. The fraction of sp³-hybridized carbons (Fsp3) is 0.240. The van der Waals surface area contributed by atoms with Crippen molar-refractivity contribution in [3.63, 3.8) is 0 Å². The Morgan fingerprint density at radius 3 is 2.39 bits per heavy atom. The van der Waals surface area contributed by atoms with Crippen LogP contribution in [-0.2, 0) is 6.42 Å². The molecule has 1 atom stereocenters. The second-order valence-electron chi connectivity index (χ2n) is 8.04. The predicted octanol–water partition coefficient (Wildman–Crippen LogP) is 5.37. The summed E-state index contributed by atoms with van der Waals surface area (Å²) in [5.74, 6) is -0.896. The Balaban J connectivity index is 2.11. The molecule has 1 aromatic heterocycles. The van der Waals surface area contributed by atoms with Crippen molar-refractivity contribution in [3.8, 4) is 34.3 Å². The Morgan fingerprint density at radius 2 is 1.77 bits per heavy atom. The van der Waals surface area contributed by atoms with Gasteiger partial charge in [-0.3, -0.25) is 4.79 Å². The Kier molecular flexibility index (Phi) is 6.11. The van der Waals surface area contributed by atoms with Crippen LogP contribution in [0, 0.1) is 5.92 Å². The number of benzene rings is 2. The molecule has 4 N–H and O–H groups in total. The molecule has 3 aromatic rings. The summed E-state index contributed by atoms with van der Waals surface area (Å²) < 4.78 is 5.71. The number of fused-ring (bicyclic) bond motifs is 1. The van der Waals surface area contributed by atoms with Gasteiger partial charge in [0, 0.05) is 23.8 Å². The van der Waals surface area contributed by atoms with E-state index >= 15 is 0 Å². The van der Waals surface area contributed by atoms with E-state index in [4.69, 9.17) is 4.42 Å². The highest BCUT2D eigenvalue weighted by Gasteiger charge is 2.21. The van der Waals surface area contributed by atoms with Crippen LogP contribution in [0.2, 0.25) is 0 Å². The minimum absolute atomic E-state index is 0.00935. The molecule has 6 heteroatoms. The van der Waals surface area contributed by atoms with E-state index in [1.807, 2.05) is 20.8 Å². The van der Waals surface area contributed by atoms with Crippen LogP contribution < -0.4 is 5.43 Å². The molecule has 0 bridgehead atoms. The van der Waals surface area contributed by atoms with E-state index in [9.17, 15) is 25.2 Å². The first-order valence-electron chi connectivity index (χ1n) is 9.91. The highest BCUT2D eigenvalue weighted by molar-refractivity contribution is 5.88. The van der Waals surface area contributed by atoms with Gasteiger partial charge in [0.05, 0.1) is 5.56 Å². The fourth-order valence-electron chi connectivity index (χ4n) is 3.48. The van der Waals surface area contributed by atoms with Gasteiger partial charge in [0.1, 0.15) is 39.7 Å². The van der Waals surface area contributed by atoms with Gasteiger partial charge in [-0.25, -0.2) is 0 Å². The average Bonchev–Trinajstić information content (AvgIpc) is 2.66. The lowest BCUT2D eigenvalue weighted by atomic mass is 9.88. The second-order valence-corrected chi connectivity index (χ2v) is 8.04. The number of rotatable bonds is 6. The minimum Gasteiger partial charge on any atom is -0.508 e. The van der Waals surface area contributed by atoms with E-state index < -0.39 is 5.43 Å². The van der Waals surface area contributed by atoms with Crippen LogP contribution in [0.25, 0.3) is 22.3 Å². The molecule has 0 saturated carbocycles. The first kappa shape index (κ1) is 22.0. The third-order valence-electron chi connectivity index (χ3n) is 5.28. The molecule has 1 heterocycles. The monoisotopic (exact) mass is 422 g/mol. The maximum Gasteiger partial charge on any atom is 0.197 e. The van der Waals surface area contributed by atoms with Gasteiger partial charge in [-0.15, -0.1) is 0 Å². The van der Waals surface area contributed by atoms with Crippen molar-refractivity contribution in [2.45, 2.75) is 33.6 Å². The standard InChI is InChI=1S/C25H26O6/c1-13(2)5-6-15(14(3)4)9-18-20(28)11-23-24(25(18)30)21(29)12-22(31-23)17-8-7-16(26)10-19(17)27/h5,7-8,10-12,15,26-28,30H,3,6,9H2,1-2,4H3/t15-/m0/s1. The summed E-state index contributed by atoms with van der Waals surface area (Å²) in [5.41, 5.74) is 1.99. The number of hydrogen-bond donors (Lipinski definition) is 4. The van der Waals surface area contributed by atoms with Gasteiger partial charge in [0.25, 0.3) is 0 Å². The highest BCUT2D eigenvalue weighted by Crippen LogP contribution is 2.39. The van der Waals surface area contributed by atoms with E-state index in [2.05, 4.69) is 12.7 Å². The largest absolute Gasteiger partial charge is 0.508 e. The van der Waals surface area contributed by atoms with Gasteiger partial charge in [-0.2, -0.15) is 0 Å². The van der Waals surface area contributed by atoms with Crippen molar-refractivity contribution in [1.82, 2.24) is 0 Å². The number of phenols is 4. The average molecular weight is 422 g/mol. The third kappa shape index (κ3) is 4.58. The van der Waals surface area contributed by atoms with Gasteiger partial charge in [-0.05, 0) is 51.7 Å². The summed E-state index contributed by atoms with van der Waals surface area (Å²) in [6, 6.07) is 6.34. The predicted molar refractivity (Wildman–Crippen MR) is 121 cm³/mol. The van der Waals surface area contributed by atoms with E-state index in [1.165, 1.54) is 18.2 Å². The topological polar surface area (TPSA) is 111 Å². The molecule has 0 amide bonds. The van der Waals surface area contributed by atoms with Crippen LogP contribution >= 0.6 is 0 Å². The summed E-state index contributed by atoms with van der Waals surface area (Å²) in [5, 5.41) is 40.9. The van der Waals surface area contributed by atoms with Crippen LogP contribution in [0.4, 0.5) is 0 Å². The normalized spacial score (nSPS) is 12.0. The van der Waals surface area contributed by atoms with Crippen molar-refractivity contribution < 1.29 is 24.8 Å². The van der Waals surface area contributed by atoms with Crippen molar-refractivity contribution in [2.75, 3.05) is 0 Å². The number of phenolic OH excluding ortho intramolecular Hbond substituents is 4. The lowest BCUT2D eigenvalue weighted by Gasteiger charge is -2.18. The van der Waals surface area contributed by atoms with E-state index in [0.717, 1.165) is 23.3 Å². The summed E-state index contributed by atoms with van der Waals surface area (Å²) in [6.45, 7) is 9.90. The zero-order valence-electron chi connectivity index (χ0n) is 17.8. The molecule has 6 nitrogen and oxygen atoms in total. The molecular formula is C25H26O6. The maximum absolute atomic E-state index is 12.8.